The van der Waals surface area contributed by atoms with Crippen LogP contribution < -0.4 is 10.1 Å². The Morgan fingerprint density at radius 1 is 1.42 bits per heavy atom. The molecule has 1 N–H and O–H groups in total. The number of ether oxygens (including phenoxy) is 1. The van der Waals surface area contributed by atoms with Crippen molar-refractivity contribution in [2.45, 2.75) is 30.9 Å². The zero-order valence-electron chi connectivity index (χ0n) is 11.1. The second kappa shape index (κ2) is 4.40. The Labute approximate surface area is 114 Å². The van der Waals surface area contributed by atoms with Crippen LogP contribution in [-0.4, -0.2) is 32.1 Å². The molecule has 0 amide bonds. The average Bonchev–Trinajstić information content (AvgIpc) is 2.92. The molecule has 1 unspecified atom stereocenters. The van der Waals surface area contributed by atoms with Gasteiger partial charge in [0.25, 0.3) is 0 Å². The van der Waals surface area contributed by atoms with Crippen molar-refractivity contribution in [3.05, 3.63) is 23.8 Å². The quantitative estimate of drug-likeness (QED) is 0.920. The topological polar surface area (TPSA) is 55.4 Å². The molecule has 1 aromatic carbocycles. The van der Waals surface area contributed by atoms with Crippen LogP contribution in [0, 0.1) is 0 Å². The maximum Gasteiger partial charge on any atom is 0.159 e. The van der Waals surface area contributed by atoms with Crippen molar-refractivity contribution in [1.29, 1.82) is 0 Å². The minimum absolute atomic E-state index is 0.252. The first-order valence-electron chi connectivity index (χ1n) is 6.72. The van der Waals surface area contributed by atoms with E-state index in [0.717, 1.165) is 30.8 Å². The second-order valence-corrected chi connectivity index (χ2v) is 8.28. The van der Waals surface area contributed by atoms with Crippen LogP contribution >= 0.6 is 0 Å². The number of fused-ring (bicyclic) bond motifs is 1. The van der Waals surface area contributed by atoms with Gasteiger partial charge in [0, 0.05) is 12.2 Å². The van der Waals surface area contributed by atoms with Gasteiger partial charge in [-0.25, -0.2) is 8.42 Å². The molecule has 0 aliphatic carbocycles. The Morgan fingerprint density at radius 2 is 2.26 bits per heavy atom. The SMILES string of the molecule is CC1(COc2ccc3c(c2)CCN3)CCCS1(=O)=O. The fourth-order valence-corrected chi connectivity index (χ4v) is 4.52. The van der Waals surface area contributed by atoms with Gasteiger partial charge >= 0.3 is 0 Å². The molecule has 2 heterocycles. The van der Waals surface area contributed by atoms with Gasteiger partial charge in [-0.1, -0.05) is 0 Å². The Balaban J connectivity index is 1.73. The highest BCUT2D eigenvalue weighted by Crippen LogP contribution is 2.33. The summed E-state index contributed by atoms with van der Waals surface area (Å²) in [6.07, 6.45) is 2.44. The molecule has 4 nitrogen and oxygen atoms in total. The van der Waals surface area contributed by atoms with Crippen LogP contribution in [0.15, 0.2) is 18.2 Å². The molecule has 2 aliphatic heterocycles. The summed E-state index contributed by atoms with van der Waals surface area (Å²) >= 11 is 0. The van der Waals surface area contributed by atoms with Crippen molar-refractivity contribution in [2.75, 3.05) is 24.2 Å². The van der Waals surface area contributed by atoms with E-state index < -0.39 is 14.6 Å². The zero-order chi connectivity index (χ0) is 13.5. The van der Waals surface area contributed by atoms with Crippen molar-refractivity contribution in [2.24, 2.45) is 0 Å². The van der Waals surface area contributed by atoms with Crippen LogP contribution in [-0.2, 0) is 16.3 Å². The summed E-state index contributed by atoms with van der Waals surface area (Å²) in [5.41, 5.74) is 2.41. The molecule has 2 aliphatic rings. The van der Waals surface area contributed by atoms with E-state index in [1.165, 1.54) is 5.56 Å². The molecule has 104 valence electrons. The number of benzene rings is 1. The van der Waals surface area contributed by atoms with E-state index in [4.69, 9.17) is 4.74 Å². The lowest BCUT2D eigenvalue weighted by Gasteiger charge is -2.23. The maximum absolute atomic E-state index is 12.0. The summed E-state index contributed by atoms with van der Waals surface area (Å²) in [6, 6.07) is 5.92. The summed E-state index contributed by atoms with van der Waals surface area (Å²) in [6.45, 7) is 3.01. The number of hydrogen-bond donors (Lipinski definition) is 1. The smallest absolute Gasteiger partial charge is 0.159 e. The summed E-state index contributed by atoms with van der Waals surface area (Å²) in [5, 5.41) is 3.29. The largest absolute Gasteiger partial charge is 0.492 e. The number of rotatable bonds is 3. The molecule has 19 heavy (non-hydrogen) atoms. The summed E-state index contributed by atoms with van der Waals surface area (Å²) in [4.78, 5) is 0. The molecule has 1 fully saturated rings. The lowest BCUT2D eigenvalue weighted by molar-refractivity contribution is 0.270. The number of anilines is 1. The molecule has 3 rings (SSSR count). The van der Waals surface area contributed by atoms with Gasteiger partial charge in [0.05, 0.1) is 5.75 Å². The third-order valence-electron chi connectivity index (χ3n) is 4.20. The third-order valence-corrected chi connectivity index (χ3v) is 6.85. The first-order valence-corrected chi connectivity index (χ1v) is 8.37. The second-order valence-electron chi connectivity index (χ2n) is 5.66. The predicted molar refractivity (Wildman–Crippen MR) is 75.6 cm³/mol. The first kappa shape index (κ1) is 12.8. The fraction of sp³-hybridized carbons (Fsp3) is 0.571. The minimum atomic E-state index is -3.01. The van der Waals surface area contributed by atoms with Crippen LogP contribution in [0.2, 0.25) is 0 Å². The van der Waals surface area contributed by atoms with Gasteiger partial charge in [-0.05, 0) is 49.9 Å². The molecule has 1 atom stereocenters. The van der Waals surface area contributed by atoms with E-state index in [2.05, 4.69) is 5.32 Å². The van der Waals surface area contributed by atoms with Gasteiger partial charge in [-0.15, -0.1) is 0 Å². The van der Waals surface area contributed by atoms with E-state index >= 15 is 0 Å². The Hall–Kier alpha value is -1.23. The van der Waals surface area contributed by atoms with Gasteiger partial charge < -0.3 is 10.1 Å². The van der Waals surface area contributed by atoms with E-state index in [9.17, 15) is 8.42 Å². The first-order chi connectivity index (χ1) is 9.00. The van der Waals surface area contributed by atoms with Crippen LogP contribution in [0.1, 0.15) is 25.3 Å². The van der Waals surface area contributed by atoms with Gasteiger partial charge in [-0.2, -0.15) is 0 Å². The monoisotopic (exact) mass is 281 g/mol. The van der Waals surface area contributed by atoms with Crippen LogP contribution in [0.4, 0.5) is 5.69 Å². The predicted octanol–water partition coefficient (Wildman–Crippen LogP) is 2.00. The Kier molecular flexibility index (Phi) is 2.96. The summed E-state index contributed by atoms with van der Waals surface area (Å²) < 4.78 is 29.0. The molecule has 0 saturated carbocycles. The number of sulfone groups is 1. The molecule has 0 bridgehead atoms. The van der Waals surface area contributed by atoms with Crippen LogP contribution in [0.25, 0.3) is 0 Å². The lowest BCUT2D eigenvalue weighted by Crippen LogP contribution is -2.37. The molecule has 0 spiro atoms. The van der Waals surface area contributed by atoms with Gasteiger partial charge in [-0.3, -0.25) is 0 Å². The van der Waals surface area contributed by atoms with E-state index in [1.54, 1.807) is 6.92 Å². The highest BCUT2D eigenvalue weighted by atomic mass is 32.2. The van der Waals surface area contributed by atoms with E-state index in [0.29, 0.717) is 12.2 Å². The lowest BCUT2D eigenvalue weighted by atomic mass is 10.1. The number of hydrogen-bond acceptors (Lipinski definition) is 4. The molecular weight excluding hydrogens is 262 g/mol. The van der Waals surface area contributed by atoms with Crippen LogP contribution in [0.5, 0.6) is 5.75 Å². The Bertz CT molecular complexity index is 597. The normalized spacial score (nSPS) is 27.8. The van der Waals surface area contributed by atoms with Gasteiger partial charge in [0.1, 0.15) is 17.1 Å². The maximum atomic E-state index is 12.0. The van der Waals surface area contributed by atoms with Gasteiger partial charge in [0.2, 0.25) is 0 Å². The summed E-state index contributed by atoms with van der Waals surface area (Å²) in [5.74, 6) is 1.06. The highest BCUT2D eigenvalue weighted by Gasteiger charge is 2.44. The standard InChI is InChI=1S/C14H19NO3S/c1-14(6-2-8-19(14,16)17)10-18-12-3-4-13-11(9-12)5-7-15-13/h3-4,9,15H,2,5-8,10H2,1H3. The van der Waals surface area contributed by atoms with Crippen molar-refractivity contribution in [1.82, 2.24) is 0 Å². The highest BCUT2D eigenvalue weighted by molar-refractivity contribution is 7.93. The van der Waals surface area contributed by atoms with Crippen molar-refractivity contribution in [3.8, 4) is 5.75 Å². The molecule has 5 heteroatoms. The van der Waals surface area contributed by atoms with Crippen molar-refractivity contribution >= 4 is 15.5 Å². The zero-order valence-corrected chi connectivity index (χ0v) is 11.9. The van der Waals surface area contributed by atoms with E-state index in [-0.39, 0.29) is 6.61 Å². The van der Waals surface area contributed by atoms with Crippen molar-refractivity contribution in [3.63, 3.8) is 0 Å². The van der Waals surface area contributed by atoms with E-state index in [1.807, 2.05) is 18.2 Å². The van der Waals surface area contributed by atoms with Crippen LogP contribution in [0.3, 0.4) is 0 Å². The molecule has 1 aromatic rings. The molecule has 1 saturated heterocycles. The van der Waals surface area contributed by atoms with Crippen molar-refractivity contribution < 1.29 is 13.2 Å². The molecule has 0 aromatic heterocycles. The Morgan fingerprint density at radius 3 is 3.00 bits per heavy atom. The average molecular weight is 281 g/mol. The number of nitrogens with one attached hydrogen (secondary N) is 1. The molecule has 0 radical (unpaired) electrons. The fourth-order valence-electron chi connectivity index (χ4n) is 2.81. The summed E-state index contributed by atoms with van der Waals surface area (Å²) in [7, 11) is -3.01. The third kappa shape index (κ3) is 2.20. The molecular formula is C14H19NO3S. The minimum Gasteiger partial charge on any atom is -0.492 e. The van der Waals surface area contributed by atoms with Gasteiger partial charge in [0.15, 0.2) is 9.84 Å².